The van der Waals surface area contributed by atoms with Gasteiger partial charge < -0.3 is 9.88 Å². The number of hydrogen-bond acceptors (Lipinski definition) is 4. The van der Waals surface area contributed by atoms with E-state index >= 15 is 0 Å². The van der Waals surface area contributed by atoms with Crippen LogP contribution in [0.3, 0.4) is 0 Å². The van der Waals surface area contributed by atoms with E-state index in [2.05, 4.69) is 31.1 Å². The molecule has 2 aromatic heterocycles. The van der Waals surface area contributed by atoms with Crippen LogP contribution in [0.1, 0.15) is 43.7 Å². The quantitative estimate of drug-likeness (QED) is 0.825. The molecule has 0 fully saturated rings. The molecule has 0 spiro atoms. The Morgan fingerprint density at radius 1 is 1.42 bits per heavy atom. The molecular weight excluding hydrogens is 256 g/mol. The van der Waals surface area contributed by atoms with Crippen LogP contribution in [0, 0.1) is 0 Å². The fourth-order valence-electron chi connectivity index (χ4n) is 1.99. The number of thiazole rings is 1. The van der Waals surface area contributed by atoms with Gasteiger partial charge in [-0.05, 0) is 18.9 Å². The zero-order valence-electron chi connectivity index (χ0n) is 12.1. The molecule has 19 heavy (non-hydrogen) atoms. The van der Waals surface area contributed by atoms with Crippen molar-refractivity contribution in [1.29, 1.82) is 0 Å². The summed E-state index contributed by atoms with van der Waals surface area (Å²) < 4.78 is 2.02. The Kier molecular flexibility index (Phi) is 4.71. The van der Waals surface area contributed by atoms with Gasteiger partial charge in [0.2, 0.25) is 0 Å². The van der Waals surface area contributed by atoms with E-state index in [-0.39, 0.29) is 0 Å². The molecular formula is C14H22N4S. The maximum atomic E-state index is 4.81. The van der Waals surface area contributed by atoms with Crippen molar-refractivity contribution in [2.45, 2.75) is 39.7 Å². The molecule has 0 aliphatic rings. The monoisotopic (exact) mass is 278 g/mol. The minimum absolute atomic E-state index is 0.455. The van der Waals surface area contributed by atoms with Crippen molar-refractivity contribution in [2.24, 2.45) is 7.05 Å². The van der Waals surface area contributed by atoms with Gasteiger partial charge in [-0.15, -0.1) is 11.3 Å². The van der Waals surface area contributed by atoms with Crippen molar-refractivity contribution in [3.63, 3.8) is 0 Å². The lowest BCUT2D eigenvalue weighted by atomic mass is 10.1. The predicted molar refractivity (Wildman–Crippen MR) is 80.4 cm³/mol. The normalized spacial score (nSPS) is 11.4. The van der Waals surface area contributed by atoms with Gasteiger partial charge in [-0.3, -0.25) is 0 Å². The predicted octanol–water partition coefficient (Wildman–Crippen LogP) is 3.17. The molecule has 0 radical (unpaired) electrons. The Bertz CT molecular complexity index is 527. The molecule has 0 aliphatic heterocycles. The van der Waals surface area contributed by atoms with E-state index < -0.39 is 0 Å². The standard InChI is InChI=1S/C14H22N4S/c1-5-6-15-8-12-13(10(2)3)17-14(19-12)11-7-16-9-18(11)4/h7,9-10,15H,5-6,8H2,1-4H3. The van der Waals surface area contributed by atoms with E-state index in [4.69, 9.17) is 4.98 Å². The minimum atomic E-state index is 0.455. The van der Waals surface area contributed by atoms with E-state index in [9.17, 15) is 0 Å². The summed E-state index contributed by atoms with van der Waals surface area (Å²) in [5, 5.41) is 4.53. The number of hydrogen-bond donors (Lipinski definition) is 1. The van der Waals surface area contributed by atoms with Gasteiger partial charge >= 0.3 is 0 Å². The van der Waals surface area contributed by atoms with Crippen LogP contribution in [0.2, 0.25) is 0 Å². The second-order valence-electron chi connectivity index (χ2n) is 5.05. The van der Waals surface area contributed by atoms with Gasteiger partial charge in [-0.2, -0.15) is 0 Å². The Morgan fingerprint density at radius 2 is 2.21 bits per heavy atom. The average molecular weight is 278 g/mol. The molecule has 0 aliphatic carbocycles. The highest BCUT2D eigenvalue weighted by atomic mass is 32.1. The van der Waals surface area contributed by atoms with Crippen LogP contribution in [-0.4, -0.2) is 21.1 Å². The van der Waals surface area contributed by atoms with Crippen molar-refractivity contribution in [2.75, 3.05) is 6.54 Å². The highest BCUT2D eigenvalue weighted by Crippen LogP contribution is 2.31. The lowest BCUT2D eigenvalue weighted by Crippen LogP contribution is -2.14. The third-order valence-corrected chi connectivity index (χ3v) is 4.12. The highest BCUT2D eigenvalue weighted by molar-refractivity contribution is 7.15. The van der Waals surface area contributed by atoms with E-state index in [1.54, 1.807) is 11.3 Å². The van der Waals surface area contributed by atoms with Gasteiger partial charge in [0.1, 0.15) is 5.01 Å². The van der Waals surface area contributed by atoms with Gasteiger partial charge in [0.25, 0.3) is 0 Å². The molecule has 2 heterocycles. The summed E-state index contributed by atoms with van der Waals surface area (Å²) in [6.07, 6.45) is 4.86. The van der Waals surface area contributed by atoms with Gasteiger partial charge in [0.15, 0.2) is 0 Å². The van der Waals surface area contributed by atoms with E-state index in [0.717, 1.165) is 30.2 Å². The smallest absolute Gasteiger partial charge is 0.142 e. The molecule has 2 aromatic rings. The van der Waals surface area contributed by atoms with Gasteiger partial charge in [0.05, 0.1) is 23.9 Å². The molecule has 0 saturated carbocycles. The summed E-state index contributed by atoms with van der Waals surface area (Å²) in [7, 11) is 2.01. The number of aromatic nitrogens is 3. The van der Waals surface area contributed by atoms with Crippen molar-refractivity contribution in [1.82, 2.24) is 19.9 Å². The summed E-state index contributed by atoms with van der Waals surface area (Å²) in [5.41, 5.74) is 2.30. The van der Waals surface area contributed by atoms with Gasteiger partial charge in [-0.25, -0.2) is 9.97 Å². The molecule has 0 saturated heterocycles. The van der Waals surface area contributed by atoms with E-state index in [1.165, 1.54) is 10.6 Å². The first-order chi connectivity index (χ1) is 9.13. The molecule has 104 valence electrons. The summed E-state index contributed by atoms with van der Waals surface area (Å²) in [6, 6.07) is 0. The number of nitrogens with zero attached hydrogens (tertiary/aromatic N) is 3. The molecule has 0 atom stereocenters. The maximum Gasteiger partial charge on any atom is 0.142 e. The van der Waals surface area contributed by atoms with Crippen LogP contribution in [0.15, 0.2) is 12.5 Å². The van der Waals surface area contributed by atoms with E-state index in [1.807, 2.05) is 24.1 Å². The Labute approximate surface area is 118 Å². The van der Waals surface area contributed by atoms with E-state index in [0.29, 0.717) is 5.92 Å². The summed E-state index contributed by atoms with van der Waals surface area (Å²) in [4.78, 5) is 10.3. The van der Waals surface area contributed by atoms with Crippen molar-refractivity contribution < 1.29 is 0 Å². The Morgan fingerprint density at radius 3 is 2.79 bits per heavy atom. The largest absolute Gasteiger partial charge is 0.332 e. The second-order valence-corrected chi connectivity index (χ2v) is 6.13. The van der Waals surface area contributed by atoms with Crippen LogP contribution in [0.4, 0.5) is 0 Å². The van der Waals surface area contributed by atoms with Crippen molar-refractivity contribution in [3.8, 4) is 10.7 Å². The minimum Gasteiger partial charge on any atom is -0.332 e. The zero-order valence-corrected chi connectivity index (χ0v) is 12.9. The third kappa shape index (κ3) is 3.22. The van der Waals surface area contributed by atoms with Gasteiger partial charge in [0, 0.05) is 18.5 Å². The molecule has 4 nitrogen and oxygen atoms in total. The SMILES string of the molecule is CCCNCc1sc(-c2cncn2C)nc1C(C)C. The molecule has 0 unspecified atom stereocenters. The summed E-state index contributed by atoms with van der Waals surface area (Å²) in [6.45, 7) is 8.55. The fourth-order valence-corrected chi connectivity index (χ4v) is 3.23. The number of rotatable bonds is 6. The first-order valence-electron chi connectivity index (χ1n) is 6.80. The molecule has 1 N–H and O–H groups in total. The third-order valence-electron chi connectivity index (χ3n) is 3.02. The lowest BCUT2D eigenvalue weighted by Gasteiger charge is -2.05. The molecule has 5 heteroatoms. The lowest BCUT2D eigenvalue weighted by molar-refractivity contribution is 0.670. The van der Waals surface area contributed by atoms with Crippen LogP contribution < -0.4 is 5.32 Å². The Hall–Kier alpha value is -1.20. The second kappa shape index (κ2) is 6.30. The van der Waals surface area contributed by atoms with Crippen LogP contribution in [0.25, 0.3) is 10.7 Å². The number of imidazole rings is 1. The van der Waals surface area contributed by atoms with Gasteiger partial charge in [-0.1, -0.05) is 20.8 Å². The molecule has 0 aromatic carbocycles. The number of nitrogens with one attached hydrogen (secondary N) is 1. The van der Waals surface area contributed by atoms with Crippen LogP contribution in [0.5, 0.6) is 0 Å². The number of aryl methyl sites for hydroxylation is 1. The Balaban J connectivity index is 2.27. The summed E-state index contributed by atoms with van der Waals surface area (Å²) >= 11 is 1.78. The van der Waals surface area contributed by atoms with Crippen LogP contribution in [-0.2, 0) is 13.6 Å². The van der Waals surface area contributed by atoms with Crippen LogP contribution >= 0.6 is 11.3 Å². The zero-order chi connectivity index (χ0) is 13.8. The van der Waals surface area contributed by atoms with Crippen molar-refractivity contribution in [3.05, 3.63) is 23.1 Å². The first-order valence-corrected chi connectivity index (χ1v) is 7.62. The molecule has 2 rings (SSSR count). The molecule has 0 amide bonds. The molecule has 0 bridgehead atoms. The van der Waals surface area contributed by atoms with Crippen molar-refractivity contribution >= 4 is 11.3 Å². The first kappa shape index (κ1) is 14.2. The highest BCUT2D eigenvalue weighted by Gasteiger charge is 2.16. The topological polar surface area (TPSA) is 42.7 Å². The average Bonchev–Trinajstić information content (AvgIpc) is 2.95. The maximum absolute atomic E-state index is 4.81. The fraction of sp³-hybridized carbons (Fsp3) is 0.571. The summed E-state index contributed by atoms with van der Waals surface area (Å²) in [5.74, 6) is 0.455.